The Bertz CT molecular complexity index is 175. The Labute approximate surface area is 101 Å². The molecule has 0 aromatic heterocycles. The highest BCUT2D eigenvalue weighted by Gasteiger charge is 2.44. The van der Waals surface area contributed by atoms with Crippen LogP contribution < -0.4 is 11.5 Å². The molecular formula is C11H28N2O2Si. The highest BCUT2D eigenvalue weighted by Crippen LogP contribution is 2.21. The van der Waals surface area contributed by atoms with Crippen LogP contribution in [0.25, 0.3) is 0 Å². The Morgan fingerprint density at radius 2 is 1.44 bits per heavy atom. The van der Waals surface area contributed by atoms with E-state index in [2.05, 4.69) is 13.8 Å². The summed E-state index contributed by atoms with van der Waals surface area (Å²) in [6, 6.07) is 0.919. The molecule has 16 heavy (non-hydrogen) atoms. The molecule has 0 spiro atoms. The van der Waals surface area contributed by atoms with Crippen LogP contribution in [-0.2, 0) is 8.85 Å². The Morgan fingerprint density at radius 3 is 1.75 bits per heavy atom. The van der Waals surface area contributed by atoms with Crippen molar-refractivity contribution in [1.29, 1.82) is 0 Å². The van der Waals surface area contributed by atoms with E-state index in [1.165, 1.54) is 0 Å². The van der Waals surface area contributed by atoms with Crippen molar-refractivity contribution in [2.24, 2.45) is 11.5 Å². The van der Waals surface area contributed by atoms with E-state index in [4.69, 9.17) is 20.3 Å². The molecule has 0 aliphatic heterocycles. The first-order chi connectivity index (χ1) is 7.56. The lowest BCUT2D eigenvalue weighted by atomic mass is 10.3. The summed E-state index contributed by atoms with van der Waals surface area (Å²) in [5.74, 6) is 0. The van der Waals surface area contributed by atoms with Crippen molar-refractivity contribution in [3.05, 3.63) is 0 Å². The maximum absolute atomic E-state index is 6.18. The molecule has 0 fully saturated rings. The van der Waals surface area contributed by atoms with Crippen LogP contribution >= 0.6 is 0 Å². The summed E-state index contributed by atoms with van der Waals surface area (Å²) in [6.07, 6.45) is 1.81. The van der Waals surface area contributed by atoms with Crippen LogP contribution in [0.5, 0.6) is 0 Å². The molecule has 0 aromatic rings. The van der Waals surface area contributed by atoms with E-state index in [1.807, 2.05) is 13.8 Å². The van der Waals surface area contributed by atoms with Crippen LogP contribution in [0.1, 0.15) is 40.5 Å². The first-order valence-electron chi connectivity index (χ1n) is 6.35. The molecule has 2 atom stereocenters. The van der Waals surface area contributed by atoms with E-state index in [9.17, 15) is 0 Å². The molecule has 4 nitrogen and oxygen atoms in total. The summed E-state index contributed by atoms with van der Waals surface area (Å²) in [5, 5.41) is 0. The normalized spacial score (nSPS) is 16.1. The minimum atomic E-state index is -2.33. The zero-order valence-corrected chi connectivity index (χ0v) is 12.2. The molecule has 0 heterocycles. The summed E-state index contributed by atoms with van der Waals surface area (Å²) in [5.41, 5.74) is 12.2. The van der Waals surface area contributed by atoms with E-state index in [1.54, 1.807) is 0 Å². The second-order valence-corrected chi connectivity index (χ2v) is 7.42. The maximum atomic E-state index is 6.18. The summed E-state index contributed by atoms with van der Waals surface area (Å²) < 4.78 is 11.8. The molecule has 2 unspecified atom stereocenters. The van der Waals surface area contributed by atoms with Gasteiger partial charge in [-0.15, -0.1) is 0 Å². The topological polar surface area (TPSA) is 70.5 Å². The predicted molar refractivity (Wildman–Crippen MR) is 70.3 cm³/mol. The van der Waals surface area contributed by atoms with Gasteiger partial charge in [0, 0.05) is 31.0 Å². The third-order valence-electron chi connectivity index (χ3n) is 2.85. The molecule has 98 valence electrons. The van der Waals surface area contributed by atoms with Crippen LogP contribution in [0.2, 0.25) is 6.04 Å². The third-order valence-corrected chi connectivity index (χ3v) is 7.04. The minimum Gasteiger partial charge on any atom is -0.394 e. The highest BCUT2D eigenvalue weighted by molar-refractivity contribution is 6.69. The molecule has 0 saturated carbocycles. The fourth-order valence-electron chi connectivity index (χ4n) is 1.83. The molecule has 0 aromatic carbocycles. The fraction of sp³-hybridized carbons (Fsp3) is 1.00. The predicted octanol–water partition coefficient (Wildman–Crippen LogP) is 1.52. The second kappa shape index (κ2) is 8.19. The van der Waals surface area contributed by atoms with Crippen LogP contribution in [0.3, 0.4) is 0 Å². The number of hydrogen-bond donors (Lipinski definition) is 2. The number of rotatable bonds is 9. The second-order valence-electron chi connectivity index (χ2n) is 4.07. The Balaban J connectivity index is 4.76. The quantitative estimate of drug-likeness (QED) is 0.607. The Hall–Kier alpha value is 0.0569. The van der Waals surface area contributed by atoms with Gasteiger partial charge in [-0.2, -0.15) is 0 Å². The lowest BCUT2D eigenvalue weighted by Gasteiger charge is -2.36. The lowest BCUT2D eigenvalue weighted by molar-refractivity contribution is 0.169. The van der Waals surface area contributed by atoms with E-state index in [0.717, 1.165) is 18.9 Å². The van der Waals surface area contributed by atoms with Gasteiger partial charge >= 0.3 is 8.56 Å². The molecule has 0 aliphatic rings. The molecule has 5 heteroatoms. The minimum absolute atomic E-state index is 0.00463. The monoisotopic (exact) mass is 248 g/mol. The standard InChI is InChI=1S/C11H28N2O2Si/c1-5-10(12)9-16(14-7-3,15-8-4)11(13)6-2/h10-11H,5-9,12-13H2,1-4H3. The van der Waals surface area contributed by atoms with Gasteiger partial charge in [0.2, 0.25) is 0 Å². The molecule has 0 amide bonds. The Kier molecular flexibility index (Phi) is 8.22. The summed E-state index contributed by atoms with van der Waals surface area (Å²) >= 11 is 0. The first-order valence-corrected chi connectivity index (χ1v) is 8.45. The van der Waals surface area contributed by atoms with Crippen molar-refractivity contribution in [3.8, 4) is 0 Å². The van der Waals surface area contributed by atoms with Crippen LogP contribution in [0, 0.1) is 0 Å². The average molecular weight is 248 g/mol. The summed E-state index contributed by atoms with van der Waals surface area (Å²) in [4.78, 5) is 0. The van der Waals surface area contributed by atoms with Gasteiger partial charge in [0.05, 0.1) is 0 Å². The van der Waals surface area contributed by atoms with Gasteiger partial charge in [-0.25, -0.2) is 0 Å². The molecule has 0 radical (unpaired) electrons. The maximum Gasteiger partial charge on any atom is 0.356 e. The van der Waals surface area contributed by atoms with Crippen LogP contribution in [0.15, 0.2) is 0 Å². The van der Waals surface area contributed by atoms with Crippen molar-refractivity contribution < 1.29 is 8.85 Å². The molecular weight excluding hydrogens is 220 g/mol. The number of hydrogen-bond acceptors (Lipinski definition) is 4. The van der Waals surface area contributed by atoms with Crippen molar-refractivity contribution in [1.82, 2.24) is 0 Å². The zero-order valence-electron chi connectivity index (χ0n) is 11.2. The van der Waals surface area contributed by atoms with Gasteiger partial charge in [-0.1, -0.05) is 13.8 Å². The summed E-state index contributed by atoms with van der Waals surface area (Å²) in [6.45, 7) is 9.43. The smallest absolute Gasteiger partial charge is 0.356 e. The van der Waals surface area contributed by atoms with Gasteiger partial charge < -0.3 is 20.3 Å². The van der Waals surface area contributed by atoms with Gasteiger partial charge in [0.15, 0.2) is 0 Å². The zero-order chi connectivity index (χ0) is 12.6. The summed E-state index contributed by atoms with van der Waals surface area (Å²) in [7, 11) is -2.33. The van der Waals surface area contributed by atoms with Gasteiger partial charge in [0.1, 0.15) is 0 Å². The molecule has 0 aliphatic carbocycles. The largest absolute Gasteiger partial charge is 0.394 e. The molecule has 0 saturated heterocycles. The third kappa shape index (κ3) is 4.51. The van der Waals surface area contributed by atoms with E-state index >= 15 is 0 Å². The lowest BCUT2D eigenvalue weighted by Crippen LogP contribution is -2.60. The van der Waals surface area contributed by atoms with Gasteiger partial charge in [-0.3, -0.25) is 0 Å². The SMILES string of the molecule is CCO[Si](CC(N)CC)(OCC)C(N)CC. The number of nitrogens with two attached hydrogens (primary N) is 2. The van der Waals surface area contributed by atoms with Crippen LogP contribution in [0.4, 0.5) is 0 Å². The van der Waals surface area contributed by atoms with Gasteiger partial charge in [0.25, 0.3) is 0 Å². The molecule has 0 rings (SSSR count). The highest BCUT2D eigenvalue weighted by atomic mass is 28.4. The van der Waals surface area contributed by atoms with E-state index < -0.39 is 8.56 Å². The van der Waals surface area contributed by atoms with E-state index in [-0.39, 0.29) is 11.7 Å². The van der Waals surface area contributed by atoms with Crippen LogP contribution in [-0.4, -0.2) is 33.5 Å². The van der Waals surface area contributed by atoms with Crippen molar-refractivity contribution in [2.75, 3.05) is 13.2 Å². The molecule has 4 N–H and O–H groups in total. The molecule has 0 bridgehead atoms. The van der Waals surface area contributed by atoms with Gasteiger partial charge in [-0.05, 0) is 26.7 Å². The Morgan fingerprint density at radius 1 is 0.938 bits per heavy atom. The van der Waals surface area contributed by atoms with Crippen molar-refractivity contribution >= 4 is 8.56 Å². The average Bonchev–Trinajstić information content (AvgIpc) is 2.28. The van der Waals surface area contributed by atoms with Crippen molar-refractivity contribution in [2.45, 2.75) is 58.3 Å². The van der Waals surface area contributed by atoms with Crippen molar-refractivity contribution in [3.63, 3.8) is 0 Å². The van der Waals surface area contributed by atoms with E-state index in [0.29, 0.717) is 13.2 Å². The fourth-order valence-corrected chi connectivity index (χ4v) is 5.50. The first kappa shape index (κ1) is 16.1.